The first kappa shape index (κ1) is 11.0. The van der Waals surface area contributed by atoms with Crippen molar-refractivity contribution in [2.45, 2.75) is 39.0 Å². The van der Waals surface area contributed by atoms with Crippen molar-refractivity contribution in [2.75, 3.05) is 7.11 Å². The van der Waals surface area contributed by atoms with E-state index in [2.05, 4.69) is 4.74 Å². The minimum Gasteiger partial charge on any atom is -0.469 e. The number of hydrogen-bond acceptors (Lipinski definition) is 3. The second-order valence-corrected chi connectivity index (χ2v) is 3.60. The molecular weight excluding hydrogens is 180 g/mol. The normalized spacial score (nSPS) is 16.7. The summed E-state index contributed by atoms with van der Waals surface area (Å²) < 4.78 is 4.60. The van der Waals surface area contributed by atoms with E-state index in [0.29, 0.717) is 0 Å². The van der Waals surface area contributed by atoms with E-state index in [1.54, 1.807) is 6.92 Å². The van der Waals surface area contributed by atoms with Crippen molar-refractivity contribution in [3.8, 4) is 0 Å². The highest BCUT2D eigenvalue weighted by atomic mass is 16.5. The molecule has 14 heavy (non-hydrogen) atoms. The Morgan fingerprint density at radius 2 is 1.93 bits per heavy atom. The van der Waals surface area contributed by atoms with E-state index >= 15 is 0 Å². The Labute approximate surface area is 84.1 Å². The van der Waals surface area contributed by atoms with Crippen LogP contribution >= 0.6 is 0 Å². The molecule has 0 aromatic carbocycles. The van der Waals surface area contributed by atoms with Crippen molar-refractivity contribution in [2.24, 2.45) is 0 Å². The molecule has 0 spiro atoms. The average molecular weight is 196 g/mol. The molecule has 0 aromatic rings. The van der Waals surface area contributed by atoms with Crippen LogP contribution in [0.1, 0.15) is 39.0 Å². The van der Waals surface area contributed by atoms with Gasteiger partial charge in [-0.15, -0.1) is 0 Å². The molecule has 3 heteroatoms. The standard InChI is InChI=1S/C11H16O3/c1-8(12)10-6-4-3-5-9(10)7-11(13)14-2/h3-7H2,1-2H3. The first-order valence-electron chi connectivity index (χ1n) is 4.93. The Kier molecular flexibility index (Phi) is 3.86. The van der Waals surface area contributed by atoms with E-state index in [9.17, 15) is 9.59 Å². The Morgan fingerprint density at radius 3 is 2.50 bits per heavy atom. The topological polar surface area (TPSA) is 43.4 Å². The lowest BCUT2D eigenvalue weighted by Gasteiger charge is -2.17. The molecule has 0 bridgehead atoms. The minimum absolute atomic E-state index is 0.101. The highest BCUT2D eigenvalue weighted by Crippen LogP contribution is 2.27. The van der Waals surface area contributed by atoms with E-state index in [1.165, 1.54) is 7.11 Å². The van der Waals surface area contributed by atoms with E-state index < -0.39 is 0 Å². The van der Waals surface area contributed by atoms with E-state index in [1.807, 2.05) is 0 Å². The molecule has 1 aliphatic rings. The maximum absolute atomic E-state index is 11.3. The van der Waals surface area contributed by atoms with Gasteiger partial charge in [0.2, 0.25) is 0 Å². The zero-order valence-electron chi connectivity index (χ0n) is 8.76. The number of ether oxygens (including phenoxy) is 1. The molecule has 0 fully saturated rings. The van der Waals surface area contributed by atoms with Crippen LogP contribution in [0.15, 0.2) is 11.1 Å². The summed E-state index contributed by atoms with van der Waals surface area (Å²) in [5.74, 6) is -0.149. The number of esters is 1. The van der Waals surface area contributed by atoms with Gasteiger partial charge < -0.3 is 4.74 Å². The molecule has 78 valence electrons. The fourth-order valence-electron chi connectivity index (χ4n) is 1.83. The van der Waals surface area contributed by atoms with E-state index in [4.69, 9.17) is 0 Å². The fraction of sp³-hybridized carbons (Fsp3) is 0.636. The lowest BCUT2D eigenvalue weighted by atomic mass is 9.88. The van der Waals surface area contributed by atoms with Crippen molar-refractivity contribution in [3.63, 3.8) is 0 Å². The van der Waals surface area contributed by atoms with E-state index in [0.717, 1.165) is 36.8 Å². The fourth-order valence-corrected chi connectivity index (χ4v) is 1.83. The van der Waals surface area contributed by atoms with Gasteiger partial charge in [0.05, 0.1) is 13.5 Å². The highest BCUT2D eigenvalue weighted by Gasteiger charge is 2.18. The lowest BCUT2D eigenvalue weighted by molar-refractivity contribution is -0.139. The molecule has 0 atom stereocenters. The largest absolute Gasteiger partial charge is 0.469 e. The summed E-state index contributed by atoms with van der Waals surface area (Å²) in [4.78, 5) is 22.3. The smallest absolute Gasteiger partial charge is 0.309 e. The zero-order valence-corrected chi connectivity index (χ0v) is 8.76. The van der Waals surface area contributed by atoms with Crippen LogP contribution in [0.4, 0.5) is 0 Å². The number of carbonyl (C=O) groups excluding carboxylic acids is 2. The summed E-state index contributed by atoms with van der Waals surface area (Å²) in [6.07, 6.45) is 4.10. The van der Waals surface area contributed by atoms with Crippen molar-refractivity contribution in [3.05, 3.63) is 11.1 Å². The van der Waals surface area contributed by atoms with Gasteiger partial charge in [0, 0.05) is 0 Å². The Morgan fingerprint density at radius 1 is 1.29 bits per heavy atom. The number of rotatable bonds is 3. The molecule has 0 heterocycles. The molecule has 0 saturated carbocycles. The molecule has 0 N–H and O–H groups in total. The molecule has 0 unspecified atom stereocenters. The summed E-state index contributed by atoms with van der Waals surface area (Å²) in [6, 6.07) is 0. The monoisotopic (exact) mass is 196 g/mol. The van der Waals surface area contributed by atoms with Gasteiger partial charge in [0.1, 0.15) is 0 Å². The van der Waals surface area contributed by atoms with Gasteiger partial charge in [0.25, 0.3) is 0 Å². The Hall–Kier alpha value is -1.12. The van der Waals surface area contributed by atoms with Crippen molar-refractivity contribution >= 4 is 11.8 Å². The van der Waals surface area contributed by atoms with Gasteiger partial charge in [0.15, 0.2) is 5.78 Å². The molecule has 0 amide bonds. The second kappa shape index (κ2) is 4.94. The molecule has 0 saturated heterocycles. The van der Waals surface area contributed by atoms with Crippen LogP contribution in [-0.4, -0.2) is 18.9 Å². The molecule has 1 aliphatic carbocycles. The lowest BCUT2D eigenvalue weighted by Crippen LogP contribution is -2.11. The first-order valence-corrected chi connectivity index (χ1v) is 4.93. The number of hydrogen-bond donors (Lipinski definition) is 0. The van der Waals surface area contributed by atoms with Crippen LogP contribution in [-0.2, 0) is 14.3 Å². The maximum Gasteiger partial charge on any atom is 0.309 e. The van der Waals surface area contributed by atoms with E-state index in [-0.39, 0.29) is 18.2 Å². The number of carbonyl (C=O) groups is 2. The van der Waals surface area contributed by atoms with Crippen LogP contribution in [0, 0.1) is 0 Å². The van der Waals surface area contributed by atoms with Crippen LogP contribution in [0.5, 0.6) is 0 Å². The molecule has 0 radical (unpaired) electrons. The molecule has 1 rings (SSSR count). The molecule has 0 aromatic heterocycles. The third-order valence-electron chi connectivity index (χ3n) is 2.59. The van der Waals surface area contributed by atoms with Crippen LogP contribution in [0.25, 0.3) is 0 Å². The number of ketones is 1. The summed E-state index contributed by atoms with van der Waals surface area (Å²) in [5, 5.41) is 0. The highest BCUT2D eigenvalue weighted by molar-refractivity contribution is 5.95. The predicted octanol–water partition coefficient (Wildman–Crippen LogP) is 2.01. The maximum atomic E-state index is 11.3. The predicted molar refractivity (Wildman–Crippen MR) is 52.8 cm³/mol. The van der Waals surface area contributed by atoms with Crippen LogP contribution < -0.4 is 0 Å². The molecule has 3 nitrogen and oxygen atoms in total. The average Bonchev–Trinajstić information content (AvgIpc) is 2.18. The van der Waals surface area contributed by atoms with Gasteiger partial charge in [-0.05, 0) is 38.2 Å². The van der Waals surface area contributed by atoms with Gasteiger partial charge in [-0.1, -0.05) is 5.57 Å². The molecular formula is C11H16O3. The van der Waals surface area contributed by atoms with Crippen LogP contribution in [0.3, 0.4) is 0 Å². The second-order valence-electron chi connectivity index (χ2n) is 3.60. The summed E-state index contributed by atoms with van der Waals surface area (Å²) in [5.41, 5.74) is 1.83. The summed E-state index contributed by atoms with van der Waals surface area (Å²) in [6.45, 7) is 1.57. The third-order valence-corrected chi connectivity index (χ3v) is 2.59. The SMILES string of the molecule is COC(=O)CC1=C(C(C)=O)CCCC1. The third kappa shape index (κ3) is 2.69. The summed E-state index contributed by atoms with van der Waals surface area (Å²) in [7, 11) is 1.37. The first-order chi connectivity index (χ1) is 6.65. The van der Waals surface area contributed by atoms with Crippen molar-refractivity contribution in [1.29, 1.82) is 0 Å². The Balaban J connectivity index is 2.78. The van der Waals surface area contributed by atoms with Crippen molar-refractivity contribution in [1.82, 2.24) is 0 Å². The van der Waals surface area contributed by atoms with Crippen molar-refractivity contribution < 1.29 is 14.3 Å². The number of methoxy groups -OCH3 is 1. The summed E-state index contributed by atoms with van der Waals surface area (Å²) >= 11 is 0. The quantitative estimate of drug-likeness (QED) is 0.648. The zero-order chi connectivity index (χ0) is 10.6. The number of allylic oxidation sites excluding steroid dienone is 1. The minimum atomic E-state index is -0.249. The molecule has 0 aliphatic heterocycles. The Bertz CT molecular complexity index is 276. The van der Waals surface area contributed by atoms with Gasteiger partial charge in [-0.25, -0.2) is 0 Å². The number of Topliss-reactive ketones (excluding diaryl/α,β-unsaturated/α-hetero) is 1. The van der Waals surface area contributed by atoms with Gasteiger partial charge in [-0.3, -0.25) is 9.59 Å². The van der Waals surface area contributed by atoms with Gasteiger partial charge >= 0.3 is 5.97 Å². The van der Waals surface area contributed by atoms with Crippen LogP contribution in [0.2, 0.25) is 0 Å². The van der Waals surface area contributed by atoms with Gasteiger partial charge in [-0.2, -0.15) is 0 Å².